The van der Waals surface area contributed by atoms with Crippen LogP contribution in [0.15, 0.2) is 67.3 Å². The van der Waals surface area contributed by atoms with Crippen LogP contribution >= 0.6 is 0 Å². The molecule has 0 spiro atoms. The Labute approximate surface area is 193 Å². The summed E-state index contributed by atoms with van der Waals surface area (Å²) in [4.78, 5) is 38.4. The van der Waals surface area contributed by atoms with Crippen LogP contribution in [0.25, 0.3) is 11.1 Å². The third-order valence-electron chi connectivity index (χ3n) is 5.95. The van der Waals surface area contributed by atoms with Gasteiger partial charge in [-0.1, -0.05) is 37.3 Å². The number of aromatic hydroxyl groups is 1. The quantitative estimate of drug-likeness (QED) is 0.630. The van der Waals surface area contributed by atoms with Crippen molar-refractivity contribution in [2.24, 2.45) is 5.92 Å². The maximum atomic E-state index is 13.5. The van der Waals surface area contributed by atoms with Gasteiger partial charge in [-0.25, -0.2) is 0 Å². The van der Waals surface area contributed by atoms with Crippen LogP contribution in [0.4, 0.5) is 0 Å². The van der Waals surface area contributed by atoms with Crippen molar-refractivity contribution in [1.29, 1.82) is 0 Å². The molecule has 1 aliphatic heterocycles. The van der Waals surface area contributed by atoms with Crippen molar-refractivity contribution in [1.82, 2.24) is 19.8 Å². The highest BCUT2D eigenvalue weighted by Crippen LogP contribution is 2.27. The van der Waals surface area contributed by atoms with Gasteiger partial charge in [0.15, 0.2) is 0 Å². The molecule has 1 saturated heterocycles. The van der Waals surface area contributed by atoms with Gasteiger partial charge in [-0.3, -0.25) is 19.6 Å². The number of benzene rings is 1. The Morgan fingerprint density at radius 3 is 2.70 bits per heavy atom. The van der Waals surface area contributed by atoms with Crippen LogP contribution in [0.1, 0.15) is 29.3 Å². The fraction of sp³-hybridized carbons (Fsp3) is 0.308. The van der Waals surface area contributed by atoms with E-state index in [2.05, 4.69) is 9.97 Å². The van der Waals surface area contributed by atoms with E-state index in [9.17, 15) is 14.7 Å². The first-order valence-corrected chi connectivity index (χ1v) is 11.3. The molecule has 7 nitrogen and oxygen atoms in total. The van der Waals surface area contributed by atoms with Gasteiger partial charge in [0, 0.05) is 50.3 Å². The third-order valence-corrected chi connectivity index (χ3v) is 5.95. The summed E-state index contributed by atoms with van der Waals surface area (Å²) in [5.41, 5.74) is 3.41. The minimum Gasteiger partial charge on any atom is -0.506 e. The molecule has 1 aromatic carbocycles. The molecule has 170 valence electrons. The standard InChI is InChI=1S/C26H28N4O3/c1-2-10-29-11-12-30(25(32)21-14-23(31)17-28-16-21)18-22(26(29)33)13-19-6-3-4-8-24(19)20-7-5-9-27-15-20/h3-9,14-17,22,31H,2,10-13,18H2,1H3. The zero-order valence-electron chi connectivity index (χ0n) is 18.7. The summed E-state index contributed by atoms with van der Waals surface area (Å²) in [5.74, 6) is -0.579. The highest BCUT2D eigenvalue weighted by Gasteiger charge is 2.33. The fourth-order valence-corrected chi connectivity index (χ4v) is 4.37. The molecule has 0 bridgehead atoms. The number of hydrogen-bond acceptors (Lipinski definition) is 5. The van der Waals surface area contributed by atoms with Crippen LogP contribution < -0.4 is 0 Å². The molecule has 3 heterocycles. The lowest BCUT2D eigenvalue weighted by Crippen LogP contribution is -2.38. The van der Waals surface area contributed by atoms with Crippen LogP contribution in [-0.4, -0.2) is 62.9 Å². The molecular formula is C26H28N4O3. The number of carbonyl (C=O) groups excluding carboxylic acids is 2. The molecule has 1 aliphatic rings. The Morgan fingerprint density at radius 2 is 1.94 bits per heavy atom. The Hall–Kier alpha value is -3.74. The van der Waals surface area contributed by atoms with Gasteiger partial charge in [0.05, 0.1) is 17.7 Å². The van der Waals surface area contributed by atoms with Gasteiger partial charge in [-0.2, -0.15) is 0 Å². The normalized spacial score (nSPS) is 16.5. The predicted molar refractivity (Wildman–Crippen MR) is 126 cm³/mol. The average Bonchev–Trinajstić information content (AvgIpc) is 2.99. The zero-order chi connectivity index (χ0) is 23.2. The molecule has 0 saturated carbocycles. The second-order valence-corrected chi connectivity index (χ2v) is 8.31. The van der Waals surface area contributed by atoms with Gasteiger partial charge in [0.2, 0.25) is 5.91 Å². The van der Waals surface area contributed by atoms with E-state index in [1.807, 2.05) is 54.4 Å². The van der Waals surface area contributed by atoms with Crippen molar-refractivity contribution in [3.63, 3.8) is 0 Å². The van der Waals surface area contributed by atoms with Gasteiger partial charge in [-0.15, -0.1) is 0 Å². The molecule has 0 radical (unpaired) electrons. The summed E-state index contributed by atoms with van der Waals surface area (Å²) >= 11 is 0. The lowest BCUT2D eigenvalue weighted by molar-refractivity contribution is -0.134. The first kappa shape index (κ1) is 22.5. The van der Waals surface area contributed by atoms with Gasteiger partial charge in [-0.05, 0) is 36.1 Å². The van der Waals surface area contributed by atoms with Gasteiger partial charge < -0.3 is 14.9 Å². The van der Waals surface area contributed by atoms with Crippen LogP contribution in [0, 0.1) is 5.92 Å². The van der Waals surface area contributed by atoms with Crippen molar-refractivity contribution in [3.05, 3.63) is 78.4 Å². The van der Waals surface area contributed by atoms with Crippen molar-refractivity contribution >= 4 is 11.8 Å². The van der Waals surface area contributed by atoms with Gasteiger partial charge in [0.25, 0.3) is 5.91 Å². The van der Waals surface area contributed by atoms with Crippen LogP contribution in [0.2, 0.25) is 0 Å². The molecule has 7 heteroatoms. The van der Waals surface area contributed by atoms with E-state index in [0.717, 1.165) is 23.1 Å². The van der Waals surface area contributed by atoms with Gasteiger partial charge in [0.1, 0.15) is 5.75 Å². The number of rotatable bonds is 6. The second-order valence-electron chi connectivity index (χ2n) is 8.31. The maximum Gasteiger partial charge on any atom is 0.255 e. The molecule has 1 atom stereocenters. The Kier molecular flexibility index (Phi) is 6.98. The predicted octanol–water partition coefficient (Wildman–Crippen LogP) is 3.40. The van der Waals surface area contributed by atoms with Crippen molar-refractivity contribution in [2.75, 3.05) is 26.2 Å². The summed E-state index contributed by atoms with van der Waals surface area (Å²) in [6, 6.07) is 13.4. The lowest BCUT2D eigenvalue weighted by Gasteiger charge is -2.24. The van der Waals surface area contributed by atoms with E-state index >= 15 is 0 Å². The van der Waals surface area contributed by atoms with Crippen molar-refractivity contribution < 1.29 is 14.7 Å². The molecule has 3 aromatic rings. The van der Waals surface area contributed by atoms with E-state index in [1.165, 1.54) is 18.5 Å². The third kappa shape index (κ3) is 5.19. The van der Waals surface area contributed by atoms with Crippen molar-refractivity contribution in [3.8, 4) is 16.9 Å². The molecule has 1 fully saturated rings. The number of aromatic nitrogens is 2. The van der Waals surface area contributed by atoms with E-state index < -0.39 is 0 Å². The maximum absolute atomic E-state index is 13.5. The molecule has 2 amide bonds. The second kappa shape index (κ2) is 10.3. The smallest absolute Gasteiger partial charge is 0.255 e. The Bertz CT molecular complexity index is 1120. The summed E-state index contributed by atoms with van der Waals surface area (Å²) in [7, 11) is 0. The SMILES string of the molecule is CCCN1CCN(C(=O)c2cncc(O)c2)CC(Cc2ccccc2-c2cccnc2)C1=O. The van der Waals surface area contributed by atoms with Crippen LogP contribution in [-0.2, 0) is 11.2 Å². The van der Waals surface area contributed by atoms with Crippen LogP contribution in [0.5, 0.6) is 5.75 Å². The summed E-state index contributed by atoms with van der Waals surface area (Å²) < 4.78 is 0. The first-order valence-electron chi connectivity index (χ1n) is 11.3. The van der Waals surface area contributed by atoms with Crippen LogP contribution in [0.3, 0.4) is 0 Å². The molecular weight excluding hydrogens is 416 g/mol. The molecule has 2 aromatic heterocycles. The molecule has 1 N–H and O–H groups in total. The molecule has 1 unspecified atom stereocenters. The Balaban J connectivity index is 1.64. The number of amides is 2. The van der Waals surface area contributed by atoms with E-state index in [1.54, 1.807) is 11.1 Å². The van der Waals surface area contributed by atoms with Crippen molar-refractivity contribution in [2.45, 2.75) is 19.8 Å². The lowest BCUT2D eigenvalue weighted by atomic mass is 9.91. The average molecular weight is 445 g/mol. The molecule has 4 rings (SSSR count). The van der Waals surface area contributed by atoms with E-state index in [4.69, 9.17) is 0 Å². The fourth-order valence-electron chi connectivity index (χ4n) is 4.37. The zero-order valence-corrected chi connectivity index (χ0v) is 18.7. The summed E-state index contributed by atoms with van der Waals surface area (Å²) in [6.45, 7) is 3.96. The van der Waals surface area contributed by atoms with E-state index in [-0.39, 0.29) is 23.5 Å². The number of pyridine rings is 2. The minimum absolute atomic E-state index is 0.0543. The summed E-state index contributed by atoms with van der Waals surface area (Å²) in [5, 5.41) is 9.75. The number of carbonyl (C=O) groups is 2. The number of hydrogen-bond donors (Lipinski definition) is 1. The molecule has 0 aliphatic carbocycles. The number of nitrogens with zero attached hydrogens (tertiary/aromatic N) is 4. The molecule has 33 heavy (non-hydrogen) atoms. The van der Waals surface area contributed by atoms with E-state index in [0.29, 0.717) is 38.2 Å². The highest BCUT2D eigenvalue weighted by molar-refractivity contribution is 5.95. The minimum atomic E-state index is -0.369. The topological polar surface area (TPSA) is 86.6 Å². The van der Waals surface area contributed by atoms with Gasteiger partial charge >= 0.3 is 0 Å². The monoisotopic (exact) mass is 444 g/mol. The highest BCUT2D eigenvalue weighted by atomic mass is 16.3. The first-order chi connectivity index (χ1) is 16.1. The Morgan fingerprint density at radius 1 is 1.09 bits per heavy atom. The summed E-state index contributed by atoms with van der Waals surface area (Å²) in [6.07, 6.45) is 7.68. The largest absolute Gasteiger partial charge is 0.506 e.